The Kier molecular flexibility index (Phi) is 4.05. The minimum absolute atomic E-state index is 0.289. The van der Waals surface area contributed by atoms with Crippen molar-refractivity contribution in [3.8, 4) is 11.5 Å². The van der Waals surface area contributed by atoms with Crippen molar-refractivity contribution in [3.05, 3.63) is 29.0 Å². The summed E-state index contributed by atoms with van der Waals surface area (Å²) in [5, 5.41) is 11.4. The van der Waals surface area contributed by atoms with Crippen molar-refractivity contribution in [2.24, 2.45) is 0 Å². The number of hydrogen-bond donors (Lipinski definition) is 1. The predicted octanol–water partition coefficient (Wildman–Crippen LogP) is 2.99. The van der Waals surface area contributed by atoms with Gasteiger partial charge < -0.3 is 10.0 Å². The molecule has 1 unspecified atom stereocenters. The molecule has 6 nitrogen and oxygen atoms in total. The Hall–Kier alpha value is -2.12. The lowest BCUT2D eigenvalue weighted by Gasteiger charge is -2.32. The first kappa shape index (κ1) is 16.1. The second-order valence-electron chi connectivity index (χ2n) is 7.09. The molecule has 134 valence electrons. The molecule has 0 aromatic carbocycles. The fraction of sp³-hybridized carbons (Fsp3) is 0.474. The molecule has 1 aliphatic heterocycles. The van der Waals surface area contributed by atoms with E-state index in [1.54, 1.807) is 29.9 Å². The number of piperidine rings is 1. The molecule has 1 N–H and O–H groups in total. The van der Waals surface area contributed by atoms with Gasteiger partial charge in [-0.2, -0.15) is 0 Å². The Morgan fingerprint density at radius 1 is 1.12 bits per heavy atom. The van der Waals surface area contributed by atoms with Crippen LogP contribution < -0.4 is 4.90 Å². The fourth-order valence-electron chi connectivity index (χ4n) is 4.04. The van der Waals surface area contributed by atoms with Gasteiger partial charge in [-0.15, -0.1) is 11.3 Å². The molecule has 7 heteroatoms. The number of aryl methyl sites for hydroxylation is 2. The molecule has 1 fully saturated rings. The second kappa shape index (κ2) is 6.55. The van der Waals surface area contributed by atoms with E-state index in [1.165, 1.54) is 28.7 Å². The minimum atomic E-state index is -0.289. The van der Waals surface area contributed by atoms with Gasteiger partial charge in [0, 0.05) is 30.4 Å². The Balaban J connectivity index is 1.72. The molecule has 26 heavy (non-hydrogen) atoms. The molecular weight excluding hydrogens is 346 g/mol. The monoisotopic (exact) mass is 367 g/mol. The molecule has 2 aliphatic rings. The van der Waals surface area contributed by atoms with E-state index in [0.29, 0.717) is 18.1 Å². The van der Waals surface area contributed by atoms with Crippen LogP contribution >= 0.6 is 11.3 Å². The second-order valence-corrected chi connectivity index (χ2v) is 8.18. The zero-order valence-corrected chi connectivity index (χ0v) is 15.4. The predicted molar refractivity (Wildman–Crippen MR) is 103 cm³/mol. The average Bonchev–Trinajstić information content (AvgIpc) is 3.06. The van der Waals surface area contributed by atoms with Crippen LogP contribution in [0.4, 0.5) is 5.82 Å². The number of fused-ring (bicyclic) bond motifs is 3. The fourth-order valence-corrected chi connectivity index (χ4v) is 5.30. The normalized spacial score (nSPS) is 20.3. The van der Waals surface area contributed by atoms with E-state index in [1.807, 2.05) is 0 Å². The first-order valence-corrected chi connectivity index (χ1v) is 10.1. The number of anilines is 1. The van der Waals surface area contributed by atoms with Gasteiger partial charge in [-0.25, -0.2) is 15.0 Å². The zero-order valence-electron chi connectivity index (χ0n) is 14.6. The lowest BCUT2D eigenvalue weighted by Crippen LogP contribution is -2.39. The molecule has 3 aromatic rings. The zero-order chi connectivity index (χ0) is 17.5. The highest BCUT2D eigenvalue weighted by atomic mass is 32.1. The van der Waals surface area contributed by atoms with Crippen LogP contribution in [0.25, 0.3) is 21.7 Å². The minimum Gasteiger partial charge on any atom is -0.391 e. The van der Waals surface area contributed by atoms with Crippen LogP contribution in [0.2, 0.25) is 0 Å². The highest BCUT2D eigenvalue weighted by Crippen LogP contribution is 2.41. The highest BCUT2D eigenvalue weighted by molar-refractivity contribution is 7.19. The lowest BCUT2D eigenvalue weighted by molar-refractivity contribution is 0.154. The van der Waals surface area contributed by atoms with E-state index in [-0.39, 0.29) is 6.10 Å². The number of aliphatic hydroxyl groups is 1. The van der Waals surface area contributed by atoms with E-state index in [9.17, 15) is 5.11 Å². The molecule has 0 spiro atoms. The first-order chi connectivity index (χ1) is 12.8. The van der Waals surface area contributed by atoms with E-state index in [2.05, 4.69) is 14.9 Å². The Morgan fingerprint density at radius 3 is 2.88 bits per heavy atom. The summed E-state index contributed by atoms with van der Waals surface area (Å²) in [6.07, 6.45) is 11.3. The molecule has 0 radical (unpaired) electrons. The number of β-amino-alcohol motifs (C(OH)–C–C–N with tert-alkyl or cyclic N) is 1. The van der Waals surface area contributed by atoms with Gasteiger partial charge in [0.1, 0.15) is 16.3 Å². The third-order valence-corrected chi connectivity index (χ3v) is 6.47. The summed E-state index contributed by atoms with van der Waals surface area (Å²) in [6.45, 7) is 1.56. The Bertz CT molecular complexity index is 942. The van der Waals surface area contributed by atoms with Crippen LogP contribution in [0.15, 0.2) is 18.6 Å². The summed E-state index contributed by atoms with van der Waals surface area (Å²) < 4.78 is 0. The number of aliphatic hydroxyl groups excluding tert-OH is 1. The maximum atomic E-state index is 10.2. The van der Waals surface area contributed by atoms with Gasteiger partial charge in [0.2, 0.25) is 0 Å². The molecule has 0 saturated carbocycles. The van der Waals surface area contributed by atoms with E-state index in [0.717, 1.165) is 42.9 Å². The lowest BCUT2D eigenvalue weighted by atomic mass is 9.96. The van der Waals surface area contributed by atoms with Gasteiger partial charge in [-0.1, -0.05) is 0 Å². The van der Waals surface area contributed by atoms with E-state index < -0.39 is 0 Å². The largest absolute Gasteiger partial charge is 0.391 e. The molecule has 1 aliphatic carbocycles. The Morgan fingerprint density at radius 2 is 2.04 bits per heavy atom. The highest BCUT2D eigenvalue weighted by Gasteiger charge is 2.27. The van der Waals surface area contributed by atoms with Crippen LogP contribution in [0.5, 0.6) is 0 Å². The summed E-state index contributed by atoms with van der Waals surface area (Å²) in [5.41, 5.74) is 2.12. The van der Waals surface area contributed by atoms with E-state index in [4.69, 9.17) is 9.97 Å². The quantitative estimate of drug-likeness (QED) is 0.750. The van der Waals surface area contributed by atoms with Crippen LogP contribution in [-0.2, 0) is 12.8 Å². The number of nitrogens with zero attached hydrogens (tertiary/aromatic N) is 5. The van der Waals surface area contributed by atoms with Crippen molar-refractivity contribution in [2.45, 2.75) is 44.6 Å². The number of rotatable bonds is 2. The SMILES string of the molecule is OC1CCCN(c2nc(-c3cnccn3)nc3sc4c(c23)CCCC4)C1. The van der Waals surface area contributed by atoms with Gasteiger partial charge in [0.05, 0.1) is 17.7 Å². The van der Waals surface area contributed by atoms with Gasteiger partial charge in [0.15, 0.2) is 5.82 Å². The molecule has 0 bridgehead atoms. The van der Waals surface area contributed by atoms with Crippen LogP contribution in [0, 0.1) is 0 Å². The summed E-state index contributed by atoms with van der Waals surface area (Å²) >= 11 is 1.80. The van der Waals surface area contributed by atoms with Crippen LogP contribution in [-0.4, -0.2) is 44.2 Å². The van der Waals surface area contributed by atoms with Gasteiger partial charge in [-0.05, 0) is 44.1 Å². The molecular formula is C19H21N5OS. The molecule has 3 aromatic heterocycles. The van der Waals surface area contributed by atoms with E-state index >= 15 is 0 Å². The van der Waals surface area contributed by atoms with Crippen molar-refractivity contribution in [3.63, 3.8) is 0 Å². The molecule has 0 amide bonds. The van der Waals surface area contributed by atoms with Gasteiger partial charge >= 0.3 is 0 Å². The number of aromatic nitrogens is 4. The number of hydrogen-bond acceptors (Lipinski definition) is 7. The molecule has 4 heterocycles. The third-order valence-electron chi connectivity index (χ3n) is 5.28. The van der Waals surface area contributed by atoms with Gasteiger partial charge in [-0.3, -0.25) is 4.98 Å². The van der Waals surface area contributed by atoms with Crippen molar-refractivity contribution in [1.82, 2.24) is 19.9 Å². The van der Waals surface area contributed by atoms with Gasteiger partial charge in [0.25, 0.3) is 0 Å². The van der Waals surface area contributed by atoms with Crippen molar-refractivity contribution in [1.29, 1.82) is 0 Å². The molecule has 5 rings (SSSR count). The van der Waals surface area contributed by atoms with Crippen LogP contribution in [0.3, 0.4) is 0 Å². The Labute approximate surface area is 156 Å². The van der Waals surface area contributed by atoms with Crippen molar-refractivity contribution < 1.29 is 5.11 Å². The summed E-state index contributed by atoms with van der Waals surface area (Å²) in [6, 6.07) is 0. The molecule has 1 atom stereocenters. The standard InChI is InChI=1S/C19H21N5OS/c25-12-4-3-9-24(11-12)18-16-13-5-1-2-6-15(13)26-19(16)23-17(22-18)14-10-20-7-8-21-14/h7-8,10,12,25H,1-6,9,11H2. The third kappa shape index (κ3) is 2.75. The average molecular weight is 367 g/mol. The smallest absolute Gasteiger partial charge is 0.183 e. The maximum Gasteiger partial charge on any atom is 0.183 e. The summed E-state index contributed by atoms with van der Waals surface area (Å²) in [7, 11) is 0. The maximum absolute atomic E-state index is 10.2. The first-order valence-electron chi connectivity index (χ1n) is 9.31. The summed E-state index contributed by atoms with van der Waals surface area (Å²) in [5.74, 6) is 1.59. The van der Waals surface area contributed by atoms with Crippen LogP contribution in [0.1, 0.15) is 36.1 Å². The van der Waals surface area contributed by atoms with Crippen molar-refractivity contribution in [2.75, 3.05) is 18.0 Å². The topological polar surface area (TPSA) is 75.0 Å². The van der Waals surface area contributed by atoms with Crippen molar-refractivity contribution >= 4 is 27.4 Å². The number of thiophene rings is 1. The summed E-state index contributed by atoms with van der Waals surface area (Å²) in [4.78, 5) is 23.0. The molecule has 1 saturated heterocycles.